The number of hydrogen-bond acceptors (Lipinski definition) is 6. The number of fused-ring (bicyclic) bond motifs is 1. The van der Waals surface area contributed by atoms with Crippen LogP contribution in [0.2, 0.25) is 0 Å². The summed E-state index contributed by atoms with van der Waals surface area (Å²) in [5.41, 5.74) is 3.38. The molecule has 1 N–H and O–H groups in total. The van der Waals surface area contributed by atoms with E-state index in [0.717, 1.165) is 21.4 Å². The molecule has 1 amide bonds. The van der Waals surface area contributed by atoms with Crippen molar-refractivity contribution in [2.24, 2.45) is 0 Å². The van der Waals surface area contributed by atoms with Gasteiger partial charge in [-0.1, -0.05) is 30.0 Å². The lowest BCUT2D eigenvalue weighted by Crippen LogP contribution is -2.14. The van der Waals surface area contributed by atoms with Gasteiger partial charge in [0, 0.05) is 33.4 Å². The minimum Gasteiger partial charge on any atom is -0.307 e. The smallest absolute Gasteiger partial charge is 0.257 e. The number of anilines is 1. The van der Waals surface area contributed by atoms with E-state index in [-0.39, 0.29) is 5.91 Å². The Kier molecular flexibility index (Phi) is 5.59. The van der Waals surface area contributed by atoms with Gasteiger partial charge in [-0.25, -0.2) is 14.5 Å². The highest BCUT2D eigenvalue weighted by Gasteiger charge is 2.14. The lowest BCUT2D eigenvalue weighted by atomic mass is 10.1. The Balaban J connectivity index is 1.52. The number of aryl methyl sites for hydroxylation is 2. The highest BCUT2D eigenvalue weighted by Crippen LogP contribution is 2.23. The van der Waals surface area contributed by atoms with Gasteiger partial charge >= 0.3 is 0 Å². The number of nitrogens with zero attached hydrogens (tertiary/aromatic N) is 5. The number of hydrogen-bond donors (Lipinski definition) is 1. The fourth-order valence-electron chi connectivity index (χ4n) is 2.85. The van der Waals surface area contributed by atoms with Gasteiger partial charge < -0.3 is 5.32 Å². The molecule has 0 aliphatic rings. The lowest BCUT2D eigenvalue weighted by Gasteiger charge is -2.09. The molecule has 9 heteroatoms. The van der Waals surface area contributed by atoms with Crippen LogP contribution in [0.1, 0.15) is 27.3 Å². The minimum atomic E-state index is -0.202. The second-order valence-corrected chi connectivity index (χ2v) is 8.26. The van der Waals surface area contributed by atoms with Crippen LogP contribution in [-0.2, 0) is 5.75 Å². The first-order chi connectivity index (χ1) is 14.0. The van der Waals surface area contributed by atoms with E-state index in [1.54, 1.807) is 22.8 Å². The summed E-state index contributed by atoms with van der Waals surface area (Å²) in [5, 5.41) is 7.96. The quantitative estimate of drug-likeness (QED) is 0.435. The summed E-state index contributed by atoms with van der Waals surface area (Å²) in [5.74, 6) is 1.44. The Labute approximate surface area is 180 Å². The summed E-state index contributed by atoms with van der Waals surface area (Å²) >= 11 is 4.80. The van der Waals surface area contributed by atoms with E-state index < -0.39 is 0 Å². The maximum atomic E-state index is 12.7. The maximum Gasteiger partial charge on any atom is 0.257 e. The van der Waals surface area contributed by atoms with Crippen molar-refractivity contribution in [3.63, 3.8) is 0 Å². The summed E-state index contributed by atoms with van der Waals surface area (Å²) in [4.78, 5) is 25.8. The van der Waals surface area contributed by atoms with Gasteiger partial charge in [0.2, 0.25) is 5.16 Å². The van der Waals surface area contributed by atoms with E-state index in [1.807, 2.05) is 44.2 Å². The van der Waals surface area contributed by atoms with Gasteiger partial charge in [0.25, 0.3) is 11.7 Å². The van der Waals surface area contributed by atoms with Crippen molar-refractivity contribution >= 4 is 45.2 Å². The monoisotopic (exact) mass is 468 g/mol. The van der Waals surface area contributed by atoms with Gasteiger partial charge in [-0.15, -0.1) is 5.10 Å². The topological polar surface area (TPSA) is 85.1 Å². The van der Waals surface area contributed by atoms with Crippen molar-refractivity contribution in [2.45, 2.75) is 24.8 Å². The van der Waals surface area contributed by atoms with Crippen molar-refractivity contribution < 1.29 is 4.79 Å². The average molecular weight is 469 g/mol. The summed E-state index contributed by atoms with van der Waals surface area (Å²) in [6.45, 7) is 3.91. The number of carbonyl (C=O) groups is 1. The molecule has 0 spiro atoms. The van der Waals surface area contributed by atoms with E-state index in [0.29, 0.717) is 28.1 Å². The highest BCUT2D eigenvalue weighted by atomic mass is 79.9. The molecule has 0 unspecified atom stereocenters. The lowest BCUT2D eigenvalue weighted by molar-refractivity contribution is 0.102. The maximum absolute atomic E-state index is 12.7. The highest BCUT2D eigenvalue weighted by molar-refractivity contribution is 9.10. The Bertz CT molecular complexity index is 1190. The zero-order chi connectivity index (χ0) is 20.4. The minimum absolute atomic E-state index is 0.202. The number of halogens is 1. The number of aromatic nitrogens is 5. The van der Waals surface area contributed by atoms with E-state index >= 15 is 0 Å². The van der Waals surface area contributed by atoms with Crippen LogP contribution in [0, 0.1) is 13.8 Å². The number of amides is 1. The molecule has 0 saturated heterocycles. The fourth-order valence-corrected chi connectivity index (χ4v) is 3.91. The molecule has 4 aromatic rings. The Morgan fingerprint density at radius 1 is 1.17 bits per heavy atom. The first kappa shape index (κ1) is 19.5. The first-order valence-corrected chi connectivity index (χ1v) is 10.6. The number of pyridine rings is 1. The molecule has 0 radical (unpaired) electrons. The SMILES string of the molecule is Cc1cc(C)n2nc(SCc3ccccc3C(=O)Nc3ccc(Br)cn3)nc2n1. The zero-order valence-corrected chi connectivity index (χ0v) is 18.2. The van der Waals surface area contributed by atoms with Crippen molar-refractivity contribution in [1.29, 1.82) is 0 Å². The summed E-state index contributed by atoms with van der Waals surface area (Å²) in [6.07, 6.45) is 1.64. The van der Waals surface area contributed by atoms with Gasteiger partial charge in [0.05, 0.1) is 0 Å². The van der Waals surface area contributed by atoms with Crippen LogP contribution < -0.4 is 5.32 Å². The third-order valence-electron chi connectivity index (χ3n) is 4.19. The summed E-state index contributed by atoms with van der Waals surface area (Å²) < 4.78 is 2.58. The van der Waals surface area contributed by atoms with Crippen LogP contribution >= 0.6 is 27.7 Å². The van der Waals surface area contributed by atoms with Gasteiger partial charge in [0.15, 0.2) is 0 Å². The third kappa shape index (κ3) is 4.46. The number of benzene rings is 1. The standard InChI is InChI=1S/C20H17BrN6OS/c1-12-9-13(2)27-19(23-12)25-20(26-27)29-11-14-5-3-4-6-16(14)18(28)24-17-8-7-15(21)10-22-17/h3-10H,11H2,1-2H3,(H,22,24,28). The molecule has 4 rings (SSSR count). The predicted molar refractivity (Wildman–Crippen MR) is 116 cm³/mol. The van der Waals surface area contributed by atoms with Crippen LogP contribution in [0.5, 0.6) is 0 Å². The number of thioether (sulfide) groups is 1. The second-order valence-electron chi connectivity index (χ2n) is 6.41. The normalized spacial score (nSPS) is 11.0. The van der Waals surface area contributed by atoms with E-state index in [1.165, 1.54) is 11.8 Å². The zero-order valence-electron chi connectivity index (χ0n) is 15.8. The van der Waals surface area contributed by atoms with Gasteiger partial charge in [-0.3, -0.25) is 4.79 Å². The summed E-state index contributed by atoms with van der Waals surface area (Å²) in [6, 6.07) is 13.0. The Morgan fingerprint density at radius 2 is 2.00 bits per heavy atom. The van der Waals surface area contributed by atoms with Crippen molar-refractivity contribution in [1.82, 2.24) is 24.6 Å². The number of nitrogens with one attached hydrogen (secondary N) is 1. The molecular formula is C20H17BrN6OS. The molecule has 1 aromatic carbocycles. The number of rotatable bonds is 5. The van der Waals surface area contributed by atoms with Crippen LogP contribution in [0.25, 0.3) is 5.78 Å². The average Bonchev–Trinajstić information content (AvgIpc) is 3.11. The van der Waals surface area contributed by atoms with E-state index in [4.69, 9.17) is 0 Å². The van der Waals surface area contributed by atoms with Crippen LogP contribution in [0.15, 0.2) is 58.3 Å². The van der Waals surface area contributed by atoms with E-state index in [9.17, 15) is 4.79 Å². The van der Waals surface area contributed by atoms with E-state index in [2.05, 4.69) is 41.3 Å². The van der Waals surface area contributed by atoms with Crippen LogP contribution in [0.3, 0.4) is 0 Å². The molecule has 0 fully saturated rings. The Morgan fingerprint density at radius 3 is 2.79 bits per heavy atom. The largest absolute Gasteiger partial charge is 0.307 e. The second kappa shape index (κ2) is 8.30. The molecule has 146 valence electrons. The molecule has 0 aliphatic carbocycles. The molecule has 0 atom stereocenters. The molecule has 29 heavy (non-hydrogen) atoms. The van der Waals surface area contributed by atoms with Gasteiger partial charge in [-0.05, 0) is 59.6 Å². The molecule has 3 heterocycles. The third-order valence-corrected chi connectivity index (χ3v) is 5.54. The van der Waals surface area contributed by atoms with Crippen molar-refractivity contribution in [3.05, 3.63) is 75.6 Å². The fraction of sp³-hybridized carbons (Fsp3) is 0.150. The summed E-state index contributed by atoms with van der Waals surface area (Å²) in [7, 11) is 0. The predicted octanol–water partition coefficient (Wildman–Crippen LogP) is 4.44. The van der Waals surface area contributed by atoms with Crippen molar-refractivity contribution in [2.75, 3.05) is 5.32 Å². The molecular weight excluding hydrogens is 452 g/mol. The number of carbonyl (C=O) groups excluding carboxylic acids is 1. The van der Waals surface area contributed by atoms with Gasteiger partial charge in [0.1, 0.15) is 5.82 Å². The molecule has 0 saturated carbocycles. The molecule has 0 aliphatic heterocycles. The van der Waals surface area contributed by atoms with Crippen LogP contribution in [-0.4, -0.2) is 30.5 Å². The molecule has 0 bridgehead atoms. The van der Waals surface area contributed by atoms with Gasteiger partial charge in [-0.2, -0.15) is 4.98 Å². The van der Waals surface area contributed by atoms with Crippen molar-refractivity contribution in [3.8, 4) is 0 Å². The molecule has 3 aromatic heterocycles. The molecule has 7 nitrogen and oxygen atoms in total. The first-order valence-electron chi connectivity index (χ1n) is 8.84. The van der Waals surface area contributed by atoms with Crippen LogP contribution in [0.4, 0.5) is 5.82 Å². The Hall–Kier alpha value is -2.78.